The Hall–Kier alpha value is -3.28. The molecular weight excluding hydrogens is 352 g/mol. The third-order valence-corrected chi connectivity index (χ3v) is 4.80. The van der Waals surface area contributed by atoms with Crippen molar-refractivity contribution in [2.24, 2.45) is 0 Å². The first kappa shape index (κ1) is 18.1. The molecule has 3 heterocycles. The first-order valence-electron chi connectivity index (χ1n) is 9.23. The van der Waals surface area contributed by atoms with Crippen molar-refractivity contribution in [3.8, 4) is 11.3 Å². The highest BCUT2D eigenvalue weighted by Gasteiger charge is 2.28. The molecule has 0 spiro atoms. The molecule has 1 aliphatic heterocycles. The summed E-state index contributed by atoms with van der Waals surface area (Å²) < 4.78 is 0. The van der Waals surface area contributed by atoms with Gasteiger partial charge in [0.1, 0.15) is 17.2 Å². The Kier molecular flexibility index (Phi) is 4.34. The molecule has 0 saturated heterocycles. The van der Waals surface area contributed by atoms with Crippen LogP contribution in [-0.4, -0.2) is 26.0 Å². The average Bonchev–Trinajstić information content (AvgIpc) is 3.10. The molecule has 0 amide bonds. The number of anilines is 1. The number of pyridine rings is 1. The number of aromatic carboxylic acids is 1. The molecule has 0 saturated carbocycles. The molecule has 6 nitrogen and oxygen atoms in total. The number of carboxylic acid groups (broad SMARTS) is 1. The number of carboxylic acids is 1. The third-order valence-electron chi connectivity index (χ3n) is 4.80. The van der Waals surface area contributed by atoms with E-state index in [9.17, 15) is 9.90 Å². The van der Waals surface area contributed by atoms with E-state index in [-0.39, 0.29) is 11.0 Å². The van der Waals surface area contributed by atoms with Crippen LogP contribution in [0.1, 0.15) is 48.2 Å². The Labute approximate surface area is 163 Å². The zero-order valence-electron chi connectivity index (χ0n) is 16.2. The lowest BCUT2D eigenvalue weighted by Crippen LogP contribution is -2.20. The van der Waals surface area contributed by atoms with Crippen LogP contribution in [0.15, 0.2) is 48.7 Å². The Morgan fingerprint density at radius 2 is 1.79 bits per heavy atom. The second-order valence-electron chi connectivity index (χ2n) is 8.01. The van der Waals surface area contributed by atoms with E-state index in [4.69, 9.17) is 9.97 Å². The van der Waals surface area contributed by atoms with Crippen molar-refractivity contribution in [3.63, 3.8) is 0 Å². The summed E-state index contributed by atoms with van der Waals surface area (Å²) in [6.07, 6.45) is 1.85. The lowest BCUT2D eigenvalue weighted by Gasteiger charge is -2.19. The van der Waals surface area contributed by atoms with Crippen LogP contribution in [-0.2, 0) is 18.5 Å². The molecule has 6 heteroatoms. The van der Waals surface area contributed by atoms with Gasteiger partial charge in [-0.25, -0.2) is 19.7 Å². The van der Waals surface area contributed by atoms with Gasteiger partial charge in [0.15, 0.2) is 0 Å². The maximum absolute atomic E-state index is 11.8. The second kappa shape index (κ2) is 6.71. The van der Waals surface area contributed by atoms with Crippen LogP contribution in [0.5, 0.6) is 0 Å². The van der Waals surface area contributed by atoms with Gasteiger partial charge in [0.05, 0.1) is 17.9 Å². The van der Waals surface area contributed by atoms with E-state index in [1.165, 1.54) is 0 Å². The van der Waals surface area contributed by atoms with E-state index in [1.807, 2.05) is 41.4 Å². The molecule has 28 heavy (non-hydrogen) atoms. The van der Waals surface area contributed by atoms with Crippen molar-refractivity contribution < 1.29 is 9.90 Å². The maximum atomic E-state index is 11.8. The van der Waals surface area contributed by atoms with Gasteiger partial charge in [-0.05, 0) is 12.1 Å². The summed E-state index contributed by atoms with van der Waals surface area (Å²) in [5, 5.41) is 9.66. The molecule has 1 aliphatic rings. The van der Waals surface area contributed by atoms with E-state index in [0.717, 1.165) is 28.3 Å². The number of rotatable bonds is 3. The lowest BCUT2D eigenvalue weighted by atomic mass is 9.95. The molecule has 0 unspecified atom stereocenters. The zero-order chi connectivity index (χ0) is 19.9. The standard InChI is InChI=1S/C22H22N4O2/c1-22(2,3)21-23-11-15-12-26(13-18(15)25-21)19-16(20(27)28)9-10-17(24-19)14-7-5-4-6-8-14/h4-11H,12-13H2,1-3H3,(H,27,28). The summed E-state index contributed by atoms with van der Waals surface area (Å²) >= 11 is 0. The minimum atomic E-state index is -0.987. The van der Waals surface area contributed by atoms with Crippen molar-refractivity contribution in [2.75, 3.05) is 4.90 Å². The predicted octanol–water partition coefficient (Wildman–Crippen LogP) is 4.05. The quantitative estimate of drug-likeness (QED) is 0.745. The molecule has 1 N–H and O–H groups in total. The third kappa shape index (κ3) is 3.33. The number of fused-ring (bicyclic) bond motifs is 1. The van der Waals surface area contributed by atoms with Crippen LogP contribution in [0, 0.1) is 0 Å². The molecule has 0 radical (unpaired) electrons. The van der Waals surface area contributed by atoms with Crippen molar-refractivity contribution >= 4 is 11.8 Å². The van der Waals surface area contributed by atoms with Crippen molar-refractivity contribution in [3.05, 3.63) is 71.3 Å². The minimum absolute atomic E-state index is 0.139. The van der Waals surface area contributed by atoms with E-state index in [0.29, 0.717) is 18.9 Å². The van der Waals surface area contributed by atoms with E-state index in [1.54, 1.807) is 12.1 Å². The summed E-state index contributed by atoms with van der Waals surface area (Å²) in [7, 11) is 0. The molecule has 0 bridgehead atoms. The van der Waals surface area contributed by atoms with Crippen molar-refractivity contribution in [2.45, 2.75) is 39.3 Å². The topological polar surface area (TPSA) is 79.2 Å². The highest BCUT2D eigenvalue weighted by atomic mass is 16.4. The number of hydrogen-bond acceptors (Lipinski definition) is 5. The Morgan fingerprint density at radius 1 is 1.04 bits per heavy atom. The fraction of sp³-hybridized carbons (Fsp3) is 0.273. The van der Waals surface area contributed by atoms with Gasteiger partial charge in [0.25, 0.3) is 0 Å². The number of carbonyl (C=O) groups is 1. The number of hydrogen-bond donors (Lipinski definition) is 1. The highest BCUT2D eigenvalue weighted by Crippen LogP contribution is 2.31. The number of nitrogens with zero attached hydrogens (tertiary/aromatic N) is 4. The van der Waals surface area contributed by atoms with Crippen LogP contribution in [0.2, 0.25) is 0 Å². The summed E-state index contributed by atoms with van der Waals surface area (Å²) in [6.45, 7) is 7.30. The molecule has 1 aromatic carbocycles. The van der Waals surface area contributed by atoms with Crippen LogP contribution < -0.4 is 4.90 Å². The SMILES string of the molecule is CC(C)(C)c1ncc2c(n1)CN(c1nc(-c3ccccc3)ccc1C(=O)O)C2. The number of benzene rings is 1. The predicted molar refractivity (Wildman–Crippen MR) is 107 cm³/mol. The molecule has 0 fully saturated rings. The Morgan fingerprint density at radius 3 is 2.46 bits per heavy atom. The summed E-state index contributed by atoms with van der Waals surface area (Å²) in [4.78, 5) is 27.7. The summed E-state index contributed by atoms with van der Waals surface area (Å²) in [5.74, 6) is 0.265. The summed E-state index contributed by atoms with van der Waals surface area (Å²) in [6, 6.07) is 13.1. The van der Waals surface area contributed by atoms with Crippen LogP contribution >= 0.6 is 0 Å². The van der Waals surface area contributed by atoms with Gasteiger partial charge in [-0.3, -0.25) is 0 Å². The van der Waals surface area contributed by atoms with Crippen LogP contribution in [0.25, 0.3) is 11.3 Å². The largest absolute Gasteiger partial charge is 0.478 e. The molecule has 0 aliphatic carbocycles. The van der Waals surface area contributed by atoms with Crippen molar-refractivity contribution in [1.82, 2.24) is 15.0 Å². The second-order valence-corrected chi connectivity index (χ2v) is 8.01. The van der Waals surface area contributed by atoms with Gasteiger partial charge in [-0.1, -0.05) is 51.1 Å². The smallest absolute Gasteiger partial charge is 0.339 e. The lowest BCUT2D eigenvalue weighted by molar-refractivity contribution is 0.0697. The van der Waals surface area contributed by atoms with E-state index < -0.39 is 5.97 Å². The molecular formula is C22H22N4O2. The molecule has 3 aromatic rings. The summed E-state index contributed by atoms with van der Waals surface area (Å²) in [5.41, 5.74) is 3.70. The normalized spacial score (nSPS) is 13.5. The highest BCUT2D eigenvalue weighted by molar-refractivity contribution is 5.94. The zero-order valence-corrected chi connectivity index (χ0v) is 16.2. The molecule has 0 atom stereocenters. The Balaban J connectivity index is 1.73. The molecule has 142 valence electrons. The van der Waals surface area contributed by atoms with Gasteiger partial charge in [-0.2, -0.15) is 0 Å². The number of aromatic nitrogens is 3. The van der Waals surface area contributed by atoms with Crippen LogP contribution in [0.3, 0.4) is 0 Å². The minimum Gasteiger partial charge on any atom is -0.478 e. The van der Waals surface area contributed by atoms with E-state index >= 15 is 0 Å². The fourth-order valence-corrected chi connectivity index (χ4v) is 3.29. The monoisotopic (exact) mass is 374 g/mol. The van der Waals surface area contributed by atoms with Gasteiger partial charge < -0.3 is 10.0 Å². The molecule has 4 rings (SSSR count). The van der Waals surface area contributed by atoms with Gasteiger partial charge >= 0.3 is 5.97 Å². The maximum Gasteiger partial charge on any atom is 0.339 e. The first-order chi connectivity index (χ1) is 13.3. The Bertz CT molecular complexity index is 1040. The van der Waals surface area contributed by atoms with E-state index in [2.05, 4.69) is 25.8 Å². The van der Waals surface area contributed by atoms with Gasteiger partial charge in [0.2, 0.25) is 0 Å². The fourth-order valence-electron chi connectivity index (χ4n) is 3.29. The van der Waals surface area contributed by atoms with Gasteiger partial charge in [0, 0.05) is 29.3 Å². The van der Waals surface area contributed by atoms with Gasteiger partial charge in [-0.15, -0.1) is 0 Å². The molecule has 2 aromatic heterocycles. The van der Waals surface area contributed by atoms with Crippen LogP contribution in [0.4, 0.5) is 5.82 Å². The average molecular weight is 374 g/mol. The first-order valence-corrected chi connectivity index (χ1v) is 9.23. The van der Waals surface area contributed by atoms with Crippen molar-refractivity contribution in [1.29, 1.82) is 0 Å².